The minimum absolute atomic E-state index is 0.171. The van der Waals surface area contributed by atoms with Crippen molar-refractivity contribution in [1.82, 2.24) is 5.43 Å². The van der Waals surface area contributed by atoms with Gasteiger partial charge in [-0.15, -0.1) is 0 Å². The minimum Gasteiger partial charge on any atom is -0.493 e. The van der Waals surface area contributed by atoms with Crippen LogP contribution in [0.15, 0.2) is 59.7 Å². The molecule has 2 aromatic carbocycles. The molecule has 0 spiro atoms. The number of nitrogens with zero attached hydrogens (tertiary/aromatic N) is 1. The van der Waals surface area contributed by atoms with E-state index in [4.69, 9.17) is 4.74 Å². The molecule has 1 N–H and O–H groups in total. The van der Waals surface area contributed by atoms with Crippen molar-refractivity contribution in [2.75, 3.05) is 6.61 Å². The Kier molecular flexibility index (Phi) is 5.52. The lowest BCUT2D eigenvalue weighted by atomic mass is 10.2. The van der Waals surface area contributed by atoms with Crippen molar-refractivity contribution in [2.45, 2.75) is 13.3 Å². The molecular formula is C17H18N2O2. The number of hydrogen-bond acceptors (Lipinski definition) is 3. The van der Waals surface area contributed by atoms with E-state index in [-0.39, 0.29) is 12.3 Å². The van der Waals surface area contributed by atoms with E-state index in [2.05, 4.69) is 10.5 Å². The lowest BCUT2D eigenvalue weighted by molar-refractivity contribution is -0.121. The van der Waals surface area contributed by atoms with Crippen molar-refractivity contribution in [3.05, 3.63) is 65.7 Å². The number of amides is 1. The van der Waals surface area contributed by atoms with Crippen molar-refractivity contribution in [1.29, 1.82) is 0 Å². The van der Waals surface area contributed by atoms with Gasteiger partial charge in [0, 0.05) is 0 Å². The zero-order valence-electron chi connectivity index (χ0n) is 12.0. The predicted octanol–water partition coefficient (Wildman–Crippen LogP) is 2.91. The molecule has 108 valence electrons. The number of aryl methyl sites for hydroxylation is 1. The fraction of sp³-hybridized carbons (Fsp3) is 0.176. The van der Waals surface area contributed by atoms with Gasteiger partial charge < -0.3 is 4.74 Å². The average Bonchev–Trinajstić information content (AvgIpc) is 2.50. The van der Waals surface area contributed by atoms with Gasteiger partial charge in [0.25, 0.3) is 0 Å². The lowest BCUT2D eigenvalue weighted by Crippen LogP contribution is -2.20. The molecule has 0 heterocycles. The van der Waals surface area contributed by atoms with Gasteiger partial charge >= 0.3 is 0 Å². The molecule has 0 bridgehead atoms. The number of carbonyl (C=O) groups excluding carboxylic acids is 1. The second kappa shape index (κ2) is 7.85. The normalized spacial score (nSPS) is 10.5. The molecular weight excluding hydrogens is 264 g/mol. The highest BCUT2D eigenvalue weighted by Gasteiger charge is 2.02. The molecule has 0 fully saturated rings. The van der Waals surface area contributed by atoms with Crippen LogP contribution in [0.5, 0.6) is 5.75 Å². The molecule has 0 aliphatic rings. The van der Waals surface area contributed by atoms with E-state index in [9.17, 15) is 4.79 Å². The third-order valence-electron chi connectivity index (χ3n) is 2.88. The Hall–Kier alpha value is -2.62. The molecule has 0 aliphatic carbocycles. The maximum Gasteiger partial charge on any atom is 0.243 e. The number of carbonyl (C=O) groups is 1. The van der Waals surface area contributed by atoms with E-state index in [1.165, 1.54) is 0 Å². The Morgan fingerprint density at radius 3 is 2.62 bits per heavy atom. The van der Waals surface area contributed by atoms with Gasteiger partial charge in [-0.05, 0) is 24.1 Å². The quantitative estimate of drug-likeness (QED) is 0.654. The SMILES string of the molecule is Cc1ccccc1OCCC(=O)NN=Cc1ccccc1. The predicted molar refractivity (Wildman–Crippen MR) is 83.5 cm³/mol. The molecule has 1 amide bonds. The van der Waals surface area contributed by atoms with Crippen molar-refractivity contribution >= 4 is 12.1 Å². The minimum atomic E-state index is -0.171. The first-order chi connectivity index (χ1) is 10.3. The number of nitrogens with one attached hydrogen (secondary N) is 1. The van der Waals surface area contributed by atoms with E-state index in [0.717, 1.165) is 16.9 Å². The second-order valence-electron chi connectivity index (χ2n) is 4.57. The number of ether oxygens (including phenoxy) is 1. The van der Waals surface area contributed by atoms with Crippen LogP contribution in [0.25, 0.3) is 0 Å². The summed E-state index contributed by atoms with van der Waals surface area (Å²) in [6.45, 7) is 2.30. The van der Waals surface area contributed by atoms with Crippen LogP contribution in [0.2, 0.25) is 0 Å². The van der Waals surface area contributed by atoms with Crippen LogP contribution in [-0.4, -0.2) is 18.7 Å². The first kappa shape index (κ1) is 14.8. The second-order valence-corrected chi connectivity index (χ2v) is 4.57. The molecule has 0 aromatic heterocycles. The number of hydrazone groups is 1. The molecule has 2 aromatic rings. The van der Waals surface area contributed by atoms with Gasteiger partial charge in [0.15, 0.2) is 0 Å². The van der Waals surface area contributed by atoms with E-state index in [0.29, 0.717) is 6.61 Å². The summed E-state index contributed by atoms with van der Waals surface area (Å²) in [5.74, 6) is 0.633. The summed E-state index contributed by atoms with van der Waals surface area (Å²) in [7, 11) is 0. The van der Waals surface area contributed by atoms with E-state index < -0.39 is 0 Å². The van der Waals surface area contributed by atoms with Gasteiger partial charge in [0.05, 0.1) is 19.2 Å². The van der Waals surface area contributed by atoms with Crippen molar-refractivity contribution < 1.29 is 9.53 Å². The molecule has 4 heteroatoms. The van der Waals surface area contributed by atoms with Crippen molar-refractivity contribution in [3.63, 3.8) is 0 Å². The Morgan fingerprint density at radius 2 is 1.86 bits per heavy atom. The first-order valence-corrected chi connectivity index (χ1v) is 6.81. The third-order valence-corrected chi connectivity index (χ3v) is 2.88. The Bertz CT molecular complexity index is 609. The smallest absolute Gasteiger partial charge is 0.243 e. The van der Waals surface area contributed by atoms with Crippen LogP contribution in [0.1, 0.15) is 17.5 Å². The molecule has 0 saturated heterocycles. The van der Waals surface area contributed by atoms with Crippen LogP contribution in [0.3, 0.4) is 0 Å². The highest BCUT2D eigenvalue weighted by atomic mass is 16.5. The monoisotopic (exact) mass is 282 g/mol. The van der Waals surface area contributed by atoms with Crippen LogP contribution in [0.4, 0.5) is 0 Å². The topological polar surface area (TPSA) is 50.7 Å². The van der Waals surface area contributed by atoms with Crippen LogP contribution < -0.4 is 10.2 Å². The van der Waals surface area contributed by atoms with Gasteiger partial charge in [-0.1, -0.05) is 48.5 Å². The number of rotatable bonds is 6. The molecule has 0 saturated carbocycles. The molecule has 2 rings (SSSR count). The molecule has 0 atom stereocenters. The zero-order valence-corrected chi connectivity index (χ0v) is 12.0. The van der Waals surface area contributed by atoms with Crippen molar-refractivity contribution in [3.8, 4) is 5.75 Å². The van der Waals surface area contributed by atoms with Crippen molar-refractivity contribution in [2.24, 2.45) is 5.10 Å². The van der Waals surface area contributed by atoms with Gasteiger partial charge in [0.1, 0.15) is 5.75 Å². The average molecular weight is 282 g/mol. The van der Waals surface area contributed by atoms with E-state index in [1.54, 1.807) is 6.21 Å². The number of para-hydroxylation sites is 1. The molecule has 21 heavy (non-hydrogen) atoms. The van der Waals surface area contributed by atoms with E-state index in [1.807, 2.05) is 61.5 Å². The van der Waals surface area contributed by atoms with Gasteiger partial charge in [-0.2, -0.15) is 5.10 Å². The summed E-state index contributed by atoms with van der Waals surface area (Å²) in [5.41, 5.74) is 4.48. The Balaban J connectivity index is 1.71. The largest absolute Gasteiger partial charge is 0.493 e. The molecule has 4 nitrogen and oxygen atoms in total. The van der Waals surface area contributed by atoms with Gasteiger partial charge in [0.2, 0.25) is 5.91 Å². The number of benzene rings is 2. The summed E-state index contributed by atoms with van der Waals surface area (Å²) in [6, 6.07) is 17.3. The fourth-order valence-electron chi connectivity index (χ4n) is 1.75. The third kappa shape index (κ3) is 5.10. The molecule has 0 aliphatic heterocycles. The van der Waals surface area contributed by atoms with Gasteiger partial charge in [-0.3, -0.25) is 4.79 Å². The summed E-state index contributed by atoms with van der Waals surface area (Å²) in [4.78, 5) is 11.6. The fourth-order valence-corrected chi connectivity index (χ4v) is 1.75. The van der Waals surface area contributed by atoms with E-state index >= 15 is 0 Å². The maximum absolute atomic E-state index is 11.6. The Labute approximate surface area is 124 Å². The summed E-state index contributed by atoms with van der Waals surface area (Å²) < 4.78 is 5.56. The van der Waals surface area contributed by atoms with Crippen LogP contribution in [0, 0.1) is 6.92 Å². The number of hydrogen-bond donors (Lipinski definition) is 1. The zero-order chi connectivity index (χ0) is 14.9. The van der Waals surface area contributed by atoms with Crippen LogP contribution in [-0.2, 0) is 4.79 Å². The Morgan fingerprint density at radius 1 is 1.14 bits per heavy atom. The highest BCUT2D eigenvalue weighted by molar-refractivity contribution is 5.82. The van der Waals surface area contributed by atoms with Gasteiger partial charge in [-0.25, -0.2) is 5.43 Å². The maximum atomic E-state index is 11.6. The standard InChI is InChI=1S/C17H18N2O2/c1-14-7-5-6-10-16(14)21-12-11-17(20)19-18-13-15-8-3-2-4-9-15/h2-10,13H,11-12H2,1H3,(H,19,20). The molecule has 0 radical (unpaired) electrons. The lowest BCUT2D eigenvalue weighted by Gasteiger charge is -2.07. The highest BCUT2D eigenvalue weighted by Crippen LogP contribution is 2.15. The summed E-state index contributed by atoms with van der Waals surface area (Å²) in [5, 5.41) is 3.90. The van der Waals surface area contributed by atoms with Crippen LogP contribution >= 0.6 is 0 Å². The summed E-state index contributed by atoms with van der Waals surface area (Å²) in [6.07, 6.45) is 1.88. The first-order valence-electron chi connectivity index (χ1n) is 6.81. The molecule has 0 unspecified atom stereocenters. The summed E-state index contributed by atoms with van der Waals surface area (Å²) >= 11 is 0.